The molecule has 3 N–H and O–H groups in total. The second kappa shape index (κ2) is 19.1. The van der Waals surface area contributed by atoms with Gasteiger partial charge in [0.25, 0.3) is 5.91 Å². The molecule has 0 radical (unpaired) electrons. The highest BCUT2D eigenvalue weighted by Gasteiger charge is 2.14. The molecule has 1 heterocycles. The minimum atomic E-state index is -0.320. The van der Waals surface area contributed by atoms with Crippen LogP contribution in [0.5, 0.6) is 0 Å². The Morgan fingerprint density at radius 1 is 0.860 bits per heavy atom. The highest BCUT2D eigenvalue weighted by Crippen LogP contribution is 2.25. The van der Waals surface area contributed by atoms with Gasteiger partial charge in [-0.15, -0.1) is 0 Å². The summed E-state index contributed by atoms with van der Waals surface area (Å²) in [7, 11) is 1.76. The fourth-order valence-corrected chi connectivity index (χ4v) is 5.68. The van der Waals surface area contributed by atoms with E-state index < -0.39 is 0 Å². The fraction of sp³-hybridized carbons (Fsp3) is 0.543. The van der Waals surface area contributed by atoms with E-state index in [2.05, 4.69) is 34.8 Å². The van der Waals surface area contributed by atoms with Crippen molar-refractivity contribution in [2.75, 3.05) is 17.7 Å². The van der Waals surface area contributed by atoms with Gasteiger partial charge in [0.05, 0.1) is 0 Å². The van der Waals surface area contributed by atoms with Gasteiger partial charge in [-0.25, -0.2) is 4.79 Å². The van der Waals surface area contributed by atoms with Crippen molar-refractivity contribution in [1.82, 2.24) is 14.9 Å². The van der Waals surface area contributed by atoms with Crippen molar-refractivity contribution >= 4 is 45.5 Å². The molecule has 3 aromatic rings. The number of anilines is 2. The standard InChI is InChI=1S/C35H51N5O2S/c1-4-6-8-10-11-13-15-18-27(17-14-12-9-7-5-2)26-40-24-23-32(39-35(40)42)38-33(41)29-22-21-28-19-16-20-31(30(28)25-29)37-34(43)36-3/h16,19-25,27H,4-15,17-18,26H2,1-3H3,(H2,36,37,43)(H,38,39,41,42). The Kier molecular flexibility index (Phi) is 15.2. The quantitative estimate of drug-likeness (QED) is 0.0936. The number of rotatable bonds is 19. The van der Waals surface area contributed by atoms with Gasteiger partial charge in [0.15, 0.2) is 5.11 Å². The van der Waals surface area contributed by atoms with Crippen LogP contribution in [0.25, 0.3) is 10.8 Å². The van der Waals surface area contributed by atoms with E-state index >= 15 is 0 Å². The molecule has 0 aliphatic heterocycles. The number of hydrogen-bond acceptors (Lipinski definition) is 4. The van der Waals surface area contributed by atoms with Crippen LogP contribution >= 0.6 is 12.2 Å². The molecule has 0 fully saturated rings. The Hall–Kier alpha value is -3.26. The molecule has 7 nitrogen and oxygen atoms in total. The number of carbonyl (C=O) groups is 1. The van der Waals surface area contributed by atoms with Crippen molar-refractivity contribution in [1.29, 1.82) is 0 Å². The normalized spacial score (nSPS) is 11.8. The first-order chi connectivity index (χ1) is 20.9. The lowest BCUT2D eigenvalue weighted by atomic mass is 9.94. The molecule has 2 aromatic carbocycles. The van der Waals surface area contributed by atoms with E-state index in [0.717, 1.165) is 29.3 Å². The minimum absolute atomic E-state index is 0.261. The summed E-state index contributed by atoms with van der Waals surface area (Å²) in [5.41, 5.74) is 0.962. The highest BCUT2D eigenvalue weighted by molar-refractivity contribution is 7.80. The Morgan fingerprint density at radius 3 is 2.14 bits per heavy atom. The van der Waals surface area contributed by atoms with Crippen molar-refractivity contribution in [2.24, 2.45) is 5.92 Å². The minimum Gasteiger partial charge on any atom is -0.366 e. The molecule has 43 heavy (non-hydrogen) atoms. The number of amides is 1. The average Bonchev–Trinajstić information content (AvgIpc) is 3.01. The van der Waals surface area contributed by atoms with E-state index in [9.17, 15) is 9.59 Å². The molecular weight excluding hydrogens is 554 g/mol. The zero-order valence-corrected chi connectivity index (χ0v) is 27.2. The molecule has 0 bridgehead atoms. The van der Waals surface area contributed by atoms with Gasteiger partial charge in [-0.3, -0.25) is 9.36 Å². The van der Waals surface area contributed by atoms with Crippen LogP contribution in [-0.4, -0.2) is 27.6 Å². The predicted molar refractivity (Wildman–Crippen MR) is 185 cm³/mol. The van der Waals surface area contributed by atoms with Crippen LogP contribution in [0.4, 0.5) is 11.5 Å². The van der Waals surface area contributed by atoms with Crippen LogP contribution in [0.1, 0.15) is 114 Å². The van der Waals surface area contributed by atoms with Crippen molar-refractivity contribution in [3.8, 4) is 0 Å². The Bertz CT molecular complexity index is 1360. The third-order valence-electron chi connectivity index (χ3n) is 8.12. The van der Waals surface area contributed by atoms with Gasteiger partial charge in [0, 0.05) is 36.4 Å². The maximum absolute atomic E-state index is 13.1. The monoisotopic (exact) mass is 605 g/mol. The van der Waals surface area contributed by atoms with Crippen LogP contribution in [0, 0.1) is 5.92 Å². The maximum atomic E-state index is 13.1. The second-order valence-corrected chi connectivity index (χ2v) is 12.0. The zero-order chi connectivity index (χ0) is 30.9. The molecule has 3 rings (SSSR count). The lowest BCUT2D eigenvalue weighted by Gasteiger charge is -2.18. The number of unbranched alkanes of at least 4 members (excludes halogenated alkanes) is 10. The van der Waals surface area contributed by atoms with E-state index in [1.165, 1.54) is 77.0 Å². The number of thiocarbonyl (C=S) groups is 1. The van der Waals surface area contributed by atoms with Gasteiger partial charge in [0.1, 0.15) is 5.82 Å². The van der Waals surface area contributed by atoms with E-state index in [0.29, 0.717) is 23.1 Å². The number of hydrogen-bond donors (Lipinski definition) is 3. The summed E-state index contributed by atoms with van der Waals surface area (Å²) in [6.45, 7) is 5.18. The van der Waals surface area contributed by atoms with E-state index in [4.69, 9.17) is 12.2 Å². The molecule has 0 saturated heterocycles. The van der Waals surface area contributed by atoms with E-state index in [1.54, 1.807) is 29.9 Å². The summed E-state index contributed by atoms with van der Waals surface area (Å²) in [6, 6.07) is 13.1. The number of carbonyl (C=O) groups excluding carboxylic acids is 1. The summed E-state index contributed by atoms with van der Waals surface area (Å²) in [6.07, 6.45) is 19.4. The van der Waals surface area contributed by atoms with Gasteiger partial charge >= 0.3 is 5.69 Å². The van der Waals surface area contributed by atoms with Crippen LogP contribution in [-0.2, 0) is 6.54 Å². The van der Waals surface area contributed by atoms with Crippen molar-refractivity contribution in [2.45, 2.75) is 110 Å². The molecule has 1 aromatic heterocycles. The molecule has 8 heteroatoms. The van der Waals surface area contributed by atoms with Gasteiger partial charge in [-0.2, -0.15) is 4.98 Å². The maximum Gasteiger partial charge on any atom is 0.349 e. The molecule has 1 atom stereocenters. The first-order valence-electron chi connectivity index (χ1n) is 16.4. The van der Waals surface area contributed by atoms with Gasteiger partial charge in [0.2, 0.25) is 0 Å². The van der Waals surface area contributed by atoms with E-state index in [1.807, 2.05) is 30.3 Å². The number of benzene rings is 2. The van der Waals surface area contributed by atoms with Crippen LogP contribution < -0.4 is 21.6 Å². The second-order valence-electron chi connectivity index (χ2n) is 11.6. The number of nitrogens with zero attached hydrogens (tertiary/aromatic N) is 2. The lowest BCUT2D eigenvalue weighted by Crippen LogP contribution is -2.27. The van der Waals surface area contributed by atoms with Gasteiger partial charge < -0.3 is 16.0 Å². The molecular formula is C35H51N5O2S. The Labute approximate surface area is 263 Å². The summed E-state index contributed by atoms with van der Waals surface area (Å²) < 4.78 is 1.71. The number of aromatic nitrogens is 2. The largest absolute Gasteiger partial charge is 0.366 e. The van der Waals surface area contributed by atoms with Gasteiger partial charge in [-0.1, -0.05) is 109 Å². The first-order valence-corrected chi connectivity index (χ1v) is 16.8. The lowest BCUT2D eigenvalue weighted by molar-refractivity contribution is 0.102. The van der Waals surface area contributed by atoms with Crippen molar-refractivity contribution < 1.29 is 4.79 Å². The Morgan fingerprint density at radius 2 is 1.51 bits per heavy atom. The molecule has 1 unspecified atom stereocenters. The molecule has 1 amide bonds. The van der Waals surface area contributed by atoms with E-state index in [-0.39, 0.29) is 17.4 Å². The molecule has 0 saturated carbocycles. The summed E-state index contributed by atoms with van der Waals surface area (Å²) in [4.78, 5) is 30.4. The van der Waals surface area contributed by atoms with Crippen molar-refractivity contribution in [3.63, 3.8) is 0 Å². The van der Waals surface area contributed by atoms with Crippen LogP contribution in [0.15, 0.2) is 53.5 Å². The Balaban J connectivity index is 1.63. The summed E-state index contributed by atoms with van der Waals surface area (Å²) in [5.74, 6) is 0.409. The van der Waals surface area contributed by atoms with Crippen LogP contribution in [0.2, 0.25) is 0 Å². The molecule has 0 aliphatic rings. The average molecular weight is 606 g/mol. The smallest absolute Gasteiger partial charge is 0.349 e. The molecule has 234 valence electrons. The highest BCUT2D eigenvalue weighted by atomic mass is 32.1. The fourth-order valence-electron chi connectivity index (χ4n) is 5.57. The molecule has 0 aliphatic carbocycles. The third kappa shape index (κ3) is 11.7. The SMILES string of the molecule is CCCCCCCCCC(CCCCCCC)Cn1ccc(NC(=O)c2ccc3cccc(NC(=S)NC)c3c2)nc1=O. The zero-order valence-electron chi connectivity index (χ0n) is 26.4. The third-order valence-corrected chi connectivity index (χ3v) is 8.43. The van der Waals surface area contributed by atoms with Crippen LogP contribution in [0.3, 0.4) is 0 Å². The van der Waals surface area contributed by atoms with Gasteiger partial charge in [-0.05, 0) is 60.6 Å². The first kappa shape index (κ1) is 34.2. The predicted octanol–water partition coefficient (Wildman–Crippen LogP) is 8.68. The summed E-state index contributed by atoms with van der Waals surface area (Å²) in [5, 5.41) is 11.2. The van der Waals surface area contributed by atoms with Crippen molar-refractivity contribution in [3.05, 3.63) is 64.7 Å². The molecule has 0 spiro atoms. The number of nitrogens with one attached hydrogen (secondary N) is 3. The summed E-state index contributed by atoms with van der Waals surface area (Å²) >= 11 is 5.26. The topological polar surface area (TPSA) is 88.1 Å². The number of fused-ring (bicyclic) bond motifs is 1.